The molecule has 3 N–H and O–H groups in total. The first-order valence-corrected chi connectivity index (χ1v) is 10.4. The van der Waals surface area contributed by atoms with Crippen molar-refractivity contribution in [2.45, 2.75) is 13.8 Å². The van der Waals surface area contributed by atoms with Crippen LogP contribution in [0, 0.1) is 13.8 Å². The Balaban J connectivity index is 1.71. The number of amides is 2. The van der Waals surface area contributed by atoms with Crippen molar-refractivity contribution in [2.75, 3.05) is 13.2 Å². The number of carbonyl (C=O) groups excluding carboxylic acids is 2. The zero-order valence-corrected chi connectivity index (χ0v) is 19.7. The van der Waals surface area contributed by atoms with Gasteiger partial charge >= 0.3 is 0 Å². The number of aryl methyl sites for hydroxylation is 2. The summed E-state index contributed by atoms with van der Waals surface area (Å²) in [6.07, 6.45) is 0. The molecule has 2 amide bonds. The molecule has 0 aromatic heterocycles. The minimum atomic E-state index is -0.466. The average Bonchev–Trinajstić information content (AvgIpc) is 2.65. The first kappa shape index (κ1) is 23.1. The fourth-order valence-corrected chi connectivity index (χ4v) is 3.95. The molecular formula is C19H19Br2N3O4S. The highest BCUT2D eigenvalue weighted by Gasteiger charge is 2.11. The lowest BCUT2D eigenvalue weighted by Gasteiger charge is -2.14. The van der Waals surface area contributed by atoms with Gasteiger partial charge in [0, 0.05) is 4.47 Å². The Labute approximate surface area is 190 Å². The summed E-state index contributed by atoms with van der Waals surface area (Å²) in [5.74, 6) is 0.256. The highest BCUT2D eigenvalue weighted by molar-refractivity contribution is 9.11. The largest absolute Gasteiger partial charge is 0.483 e. The van der Waals surface area contributed by atoms with Crippen LogP contribution < -0.4 is 25.6 Å². The van der Waals surface area contributed by atoms with Gasteiger partial charge in [-0.2, -0.15) is 0 Å². The molecule has 0 spiro atoms. The van der Waals surface area contributed by atoms with Crippen molar-refractivity contribution in [1.82, 2.24) is 16.2 Å². The van der Waals surface area contributed by atoms with Crippen LogP contribution in [0.15, 0.2) is 45.3 Å². The molecule has 0 bridgehead atoms. The fourth-order valence-electron chi connectivity index (χ4n) is 2.23. The van der Waals surface area contributed by atoms with Gasteiger partial charge in [-0.1, -0.05) is 34.1 Å². The number of rotatable bonds is 6. The van der Waals surface area contributed by atoms with Crippen molar-refractivity contribution in [3.8, 4) is 11.5 Å². The molecule has 0 aliphatic rings. The topological polar surface area (TPSA) is 88.7 Å². The lowest BCUT2D eigenvalue weighted by atomic mass is 10.2. The smallest absolute Gasteiger partial charge is 0.276 e. The second-order valence-electron chi connectivity index (χ2n) is 5.93. The SMILES string of the molecule is Cc1ccccc1OCC(=O)NC(=S)NNC(=O)COc1c(C)cc(Br)cc1Br. The van der Waals surface area contributed by atoms with Gasteiger partial charge in [-0.25, -0.2) is 0 Å². The Bertz CT molecular complexity index is 901. The molecule has 2 aromatic carbocycles. The van der Waals surface area contributed by atoms with E-state index in [9.17, 15) is 9.59 Å². The van der Waals surface area contributed by atoms with Crippen LogP contribution in [0.25, 0.3) is 0 Å². The summed E-state index contributed by atoms with van der Waals surface area (Å²) >= 11 is 11.7. The molecule has 0 aliphatic carbocycles. The molecule has 0 saturated heterocycles. The van der Waals surface area contributed by atoms with E-state index in [0.29, 0.717) is 11.5 Å². The Morgan fingerprint density at radius 1 is 0.966 bits per heavy atom. The van der Waals surface area contributed by atoms with Gasteiger partial charge in [-0.05, 0) is 71.3 Å². The molecule has 0 unspecified atom stereocenters. The predicted octanol–water partition coefficient (Wildman–Crippen LogP) is 3.31. The molecule has 2 rings (SSSR count). The minimum Gasteiger partial charge on any atom is -0.483 e. The minimum absolute atomic E-state index is 0.0577. The molecule has 0 aliphatic heterocycles. The van der Waals surface area contributed by atoms with Crippen LogP contribution in [-0.4, -0.2) is 30.1 Å². The molecule has 0 fully saturated rings. The maximum absolute atomic E-state index is 11.9. The second-order valence-corrected chi connectivity index (χ2v) is 8.11. The monoisotopic (exact) mass is 543 g/mol. The van der Waals surface area contributed by atoms with E-state index in [1.165, 1.54) is 0 Å². The number of nitrogens with one attached hydrogen (secondary N) is 3. The molecule has 7 nitrogen and oxygen atoms in total. The van der Waals surface area contributed by atoms with E-state index < -0.39 is 11.8 Å². The molecule has 154 valence electrons. The van der Waals surface area contributed by atoms with E-state index in [1.54, 1.807) is 6.07 Å². The molecule has 10 heteroatoms. The van der Waals surface area contributed by atoms with E-state index in [0.717, 1.165) is 20.1 Å². The van der Waals surface area contributed by atoms with Crippen molar-refractivity contribution < 1.29 is 19.1 Å². The second kappa shape index (κ2) is 11.1. The Hall–Kier alpha value is -2.17. The van der Waals surface area contributed by atoms with Gasteiger partial charge in [0.05, 0.1) is 4.47 Å². The normalized spacial score (nSPS) is 10.1. The molecule has 0 heterocycles. The van der Waals surface area contributed by atoms with Crippen LogP contribution in [0.3, 0.4) is 0 Å². The number of benzene rings is 2. The zero-order valence-electron chi connectivity index (χ0n) is 15.7. The Morgan fingerprint density at radius 2 is 1.66 bits per heavy atom. The van der Waals surface area contributed by atoms with Crippen molar-refractivity contribution in [2.24, 2.45) is 0 Å². The number of thiocarbonyl (C=S) groups is 1. The Morgan fingerprint density at radius 3 is 2.34 bits per heavy atom. The summed E-state index contributed by atoms with van der Waals surface area (Å²) in [5, 5.41) is 2.35. The summed E-state index contributed by atoms with van der Waals surface area (Å²) in [6, 6.07) is 11.0. The molecule has 0 radical (unpaired) electrons. The molecule has 0 saturated carbocycles. The number of hydrogen-bond donors (Lipinski definition) is 3. The van der Waals surface area contributed by atoms with E-state index in [1.807, 2.05) is 44.2 Å². The first-order valence-electron chi connectivity index (χ1n) is 8.42. The number of ether oxygens (including phenoxy) is 2. The van der Waals surface area contributed by atoms with Gasteiger partial charge in [0.15, 0.2) is 18.3 Å². The van der Waals surface area contributed by atoms with Crippen LogP contribution >= 0.6 is 44.1 Å². The number of para-hydroxylation sites is 1. The maximum atomic E-state index is 11.9. The van der Waals surface area contributed by atoms with E-state index in [-0.39, 0.29) is 18.3 Å². The van der Waals surface area contributed by atoms with Crippen molar-refractivity contribution in [3.63, 3.8) is 0 Å². The summed E-state index contributed by atoms with van der Waals surface area (Å²) in [5.41, 5.74) is 6.58. The summed E-state index contributed by atoms with van der Waals surface area (Å²) in [6.45, 7) is 3.30. The third kappa shape index (κ3) is 7.64. The van der Waals surface area contributed by atoms with E-state index in [4.69, 9.17) is 21.7 Å². The van der Waals surface area contributed by atoms with Gasteiger partial charge in [-0.3, -0.25) is 25.8 Å². The molecule has 29 heavy (non-hydrogen) atoms. The van der Waals surface area contributed by atoms with Gasteiger partial charge in [-0.15, -0.1) is 0 Å². The highest BCUT2D eigenvalue weighted by Crippen LogP contribution is 2.32. The highest BCUT2D eigenvalue weighted by atomic mass is 79.9. The van der Waals surface area contributed by atoms with Gasteiger partial charge in [0.2, 0.25) is 0 Å². The average molecular weight is 545 g/mol. The van der Waals surface area contributed by atoms with Crippen LogP contribution in [-0.2, 0) is 9.59 Å². The van der Waals surface area contributed by atoms with Gasteiger partial charge in [0.25, 0.3) is 11.8 Å². The first-order chi connectivity index (χ1) is 13.8. The molecular weight excluding hydrogens is 526 g/mol. The fraction of sp³-hybridized carbons (Fsp3) is 0.211. The van der Waals surface area contributed by atoms with Crippen molar-refractivity contribution >= 4 is 61.0 Å². The van der Waals surface area contributed by atoms with E-state index in [2.05, 4.69) is 48.0 Å². The standard InChI is InChI=1S/C19H19Br2N3O4S/c1-11-5-3-4-6-15(11)27-9-16(25)22-19(29)24-23-17(26)10-28-18-12(2)7-13(20)8-14(18)21/h3-8H,9-10H2,1-2H3,(H,23,26)(H2,22,24,25,29). The van der Waals surface area contributed by atoms with Gasteiger partial charge in [0.1, 0.15) is 11.5 Å². The van der Waals surface area contributed by atoms with E-state index >= 15 is 0 Å². The van der Waals surface area contributed by atoms with Crippen molar-refractivity contribution in [1.29, 1.82) is 0 Å². The van der Waals surface area contributed by atoms with Crippen LogP contribution in [0.1, 0.15) is 11.1 Å². The van der Waals surface area contributed by atoms with Gasteiger partial charge < -0.3 is 9.47 Å². The van der Waals surface area contributed by atoms with Crippen molar-refractivity contribution in [3.05, 3.63) is 56.5 Å². The maximum Gasteiger partial charge on any atom is 0.276 e. The number of hydrogen-bond acceptors (Lipinski definition) is 5. The number of hydrazine groups is 1. The summed E-state index contributed by atoms with van der Waals surface area (Å²) in [7, 11) is 0. The zero-order chi connectivity index (χ0) is 21.4. The third-order valence-electron chi connectivity index (χ3n) is 3.56. The predicted molar refractivity (Wildman–Crippen MR) is 121 cm³/mol. The number of halogens is 2. The molecule has 0 atom stereocenters. The molecule has 2 aromatic rings. The van der Waals surface area contributed by atoms with Crippen LogP contribution in [0.4, 0.5) is 0 Å². The quantitative estimate of drug-likeness (QED) is 0.382. The number of carbonyl (C=O) groups is 2. The third-order valence-corrected chi connectivity index (χ3v) is 4.81. The lowest BCUT2D eigenvalue weighted by molar-refractivity contribution is -0.124. The van der Waals surface area contributed by atoms with Crippen LogP contribution in [0.5, 0.6) is 11.5 Å². The van der Waals surface area contributed by atoms with Crippen LogP contribution in [0.2, 0.25) is 0 Å². The summed E-state index contributed by atoms with van der Waals surface area (Å²) < 4.78 is 12.6. The summed E-state index contributed by atoms with van der Waals surface area (Å²) in [4.78, 5) is 23.8. The Kier molecular flexibility index (Phi) is 8.87. The lowest BCUT2D eigenvalue weighted by Crippen LogP contribution is -2.50.